The highest BCUT2D eigenvalue weighted by atomic mass is 16.5. The molecule has 0 aliphatic rings. The van der Waals surface area contributed by atoms with Crippen molar-refractivity contribution in [1.29, 1.82) is 0 Å². The zero-order valence-electron chi connectivity index (χ0n) is 23.0. The summed E-state index contributed by atoms with van der Waals surface area (Å²) in [5.41, 5.74) is 1.07. The second-order valence-electron chi connectivity index (χ2n) is 10.1. The summed E-state index contributed by atoms with van der Waals surface area (Å²) >= 11 is 0. The molecule has 0 amide bonds. The van der Waals surface area contributed by atoms with Crippen LogP contribution in [0.2, 0.25) is 0 Å². The third-order valence-corrected chi connectivity index (χ3v) is 7.12. The average Bonchev–Trinajstić information content (AvgIpc) is 2.85. The minimum Gasteiger partial charge on any atom is -0.508 e. The molecule has 3 heteroatoms. The summed E-state index contributed by atoms with van der Waals surface area (Å²) in [7, 11) is 3.30. The van der Waals surface area contributed by atoms with Crippen molar-refractivity contribution in [2.24, 2.45) is 0 Å². The molecule has 0 spiro atoms. The molecule has 1 aromatic carbocycles. The molecule has 0 saturated heterocycles. The Bertz CT molecular complexity index is 559. The Kier molecular flexibility index (Phi) is 19.9. The van der Waals surface area contributed by atoms with Gasteiger partial charge in [0.15, 0.2) is 0 Å². The first-order chi connectivity index (χ1) is 16.7. The second-order valence-corrected chi connectivity index (χ2v) is 10.1. The zero-order chi connectivity index (χ0) is 24.7. The molecular weight excluding hydrogens is 420 g/mol. The van der Waals surface area contributed by atoms with Gasteiger partial charge in [-0.1, -0.05) is 135 Å². The minimum absolute atomic E-state index is 0.191. The lowest BCUT2D eigenvalue weighted by Gasteiger charge is -2.13. The smallest absolute Gasteiger partial charge is 0.129 e. The molecule has 1 rings (SSSR count). The maximum atomic E-state index is 9.77. The first-order valence-electron chi connectivity index (χ1n) is 14.7. The molecule has 0 bridgehead atoms. The van der Waals surface area contributed by atoms with E-state index in [9.17, 15) is 5.11 Å². The van der Waals surface area contributed by atoms with Crippen LogP contribution in [0.1, 0.15) is 147 Å². The minimum atomic E-state index is 0.191. The van der Waals surface area contributed by atoms with Crippen molar-refractivity contribution in [3.05, 3.63) is 17.7 Å². The van der Waals surface area contributed by atoms with Crippen molar-refractivity contribution in [3.8, 4) is 17.2 Å². The summed E-state index contributed by atoms with van der Waals surface area (Å²) in [5.74, 6) is 1.64. The Morgan fingerprint density at radius 1 is 0.500 bits per heavy atom. The molecule has 0 fully saturated rings. The predicted molar refractivity (Wildman–Crippen MR) is 148 cm³/mol. The van der Waals surface area contributed by atoms with Gasteiger partial charge >= 0.3 is 0 Å². The number of unbranched alkanes of at least 4 members (excludes halogenated alkanes) is 20. The Labute approximate surface area is 212 Å². The van der Waals surface area contributed by atoms with Gasteiger partial charge in [-0.05, 0) is 12.8 Å². The summed E-state index contributed by atoms with van der Waals surface area (Å²) < 4.78 is 10.9. The number of ether oxygens (including phenoxy) is 2. The van der Waals surface area contributed by atoms with Crippen molar-refractivity contribution in [2.45, 2.75) is 148 Å². The largest absolute Gasteiger partial charge is 0.508 e. The molecule has 0 radical (unpaired) electrons. The standard InChI is InChI=1S/C31H56O3/c1-4-5-6-7-8-9-10-11-12-13-14-15-16-17-18-19-20-21-22-23-24-25-29-30(33-2)26-28(32)27-31(29)34-3/h26-27,32H,4-25H2,1-3H3. The average molecular weight is 477 g/mol. The molecule has 1 N–H and O–H groups in total. The Morgan fingerprint density at radius 3 is 1.09 bits per heavy atom. The van der Waals surface area contributed by atoms with Crippen molar-refractivity contribution < 1.29 is 14.6 Å². The van der Waals surface area contributed by atoms with Crippen LogP contribution in [-0.2, 0) is 6.42 Å². The van der Waals surface area contributed by atoms with Gasteiger partial charge in [0.1, 0.15) is 17.2 Å². The van der Waals surface area contributed by atoms with Crippen LogP contribution in [0, 0.1) is 0 Å². The Hall–Kier alpha value is -1.38. The fraction of sp³-hybridized carbons (Fsp3) is 0.806. The Balaban J connectivity index is 1.85. The summed E-state index contributed by atoms with van der Waals surface area (Å²) in [6.07, 6.45) is 30.4. The summed E-state index contributed by atoms with van der Waals surface area (Å²) in [4.78, 5) is 0. The van der Waals surface area contributed by atoms with Gasteiger partial charge < -0.3 is 14.6 Å². The van der Waals surface area contributed by atoms with Gasteiger partial charge in [0.2, 0.25) is 0 Å². The van der Waals surface area contributed by atoms with E-state index >= 15 is 0 Å². The van der Waals surface area contributed by atoms with E-state index in [0.717, 1.165) is 29.9 Å². The number of rotatable bonds is 24. The third kappa shape index (κ3) is 15.5. The lowest BCUT2D eigenvalue weighted by molar-refractivity contribution is 0.375. The van der Waals surface area contributed by atoms with E-state index in [1.165, 1.54) is 128 Å². The molecular formula is C31H56O3. The first kappa shape index (κ1) is 30.7. The SMILES string of the molecule is CCCCCCCCCCCCCCCCCCCCCCCc1c(OC)cc(O)cc1OC. The van der Waals surface area contributed by atoms with Gasteiger partial charge in [-0.15, -0.1) is 0 Å². The fourth-order valence-corrected chi connectivity index (χ4v) is 4.95. The molecule has 198 valence electrons. The third-order valence-electron chi connectivity index (χ3n) is 7.12. The van der Waals surface area contributed by atoms with Crippen LogP contribution in [0.5, 0.6) is 17.2 Å². The molecule has 0 atom stereocenters. The molecule has 0 aliphatic heterocycles. The molecule has 0 heterocycles. The Morgan fingerprint density at radius 2 is 0.794 bits per heavy atom. The van der Waals surface area contributed by atoms with Crippen LogP contribution in [-0.4, -0.2) is 19.3 Å². The van der Waals surface area contributed by atoms with Crippen LogP contribution in [0.4, 0.5) is 0 Å². The number of phenolic OH excluding ortho intramolecular Hbond substituents is 1. The molecule has 3 nitrogen and oxygen atoms in total. The molecule has 0 saturated carbocycles. The van der Waals surface area contributed by atoms with Gasteiger partial charge in [0, 0.05) is 17.7 Å². The first-order valence-corrected chi connectivity index (χ1v) is 14.7. The van der Waals surface area contributed by atoms with Gasteiger partial charge in [0.25, 0.3) is 0 Å². The molecule has 1 aromatic rings. The number of aromatic hydroxyl groups is 1. The number of hydrogen-bond acceptors (Lipinski definition) is 3. The van der Waals surface area contributed by atoms with Crippen LogP contribution >= 0.6 is 0 Å². The van der Waals surface area contributed by atoms with E-state index in [-0.39, 0.29) is 5.75 Å². The van der Waals surface area contributed by atoms with E-state index in [1.807, 2.05) is 0 Å². The van der Waals surface area contributed by atoms with E-state index in [2.05, 4.69) is 6.92 Å². The van der Waals surface area contributed by atoms with Gasteiger partial charge in [-0.25, -0.2) is 0 Å². The highest BCUT2D eigenvalue weighted by molar-refractivity contribution is 5.50. The fourth-order valence-electron chi connectivity index (χ4n) is 4.95. The van der Waals surface area contributed by atoms with Crippen molar-refractivity contribution in [3.63, 3.8) is 0 Å². The maximum absolute atomic E-state index is 9.77. The molecule has 0 aromatic heterocycles. The van der Waals surface area contributed by atoms with Gasteiger partial charge in [-0.2, -0.15) is 0 Å². The summed E-state index contributed by atoms with van der Waals surface area (Å²) in [6, 6.07) is 3.35. The van der Waals surface area contributed by atoms with Crippen LogP contribution in [0.3, 0.4) is 0 Å². The number of hydrogen-bond donors (Lipinski definition) is 1. The highest BCUT2D eigenvalue weighted by Crippen LogP contribution is 2.34. The quantitative estimate of drug-likeness (QED) is 0.151. The van der Waals surface area contributed by atoms with E-state index in [1.54, 1.807) is 26.4 Å². The zero-order valence-corrected chi connectivity index (χ0v) is 23.0. The number of benzene rings is 1. The predicted octanol–water partition coefficient (Wildman–Crippen LogP) is 10.2. The summed E-state index contributed by atoms with van der Waals surface area (Å²) in [5, 5.41) is 9.77. The lowest BCUT2D eigenvalue weighted by Crippen LogP contribution is -1.97. The van der Waals surface area contributed by atoms with Gasteiger partial charge in [0.05, 0.1) is 14.2 Å². The van der Waals surface area contributed by atoms with E-state index < -0.39 is 0 Å². The second kappa shape index (κ2) is 22.1. The highest BCUT2D eigenvalue weighted by Gasteiger charge is 2.12. The molecule has 0 aliphatic carbocycles. The van der Waals surface area contributed by atoms with Crippen LogP contribution in [0.25, 0.3) is 0 Å². The monoisotopic (exact) mass is 476 g/mol. The van der Waals surface area contributed by atoms with Crippen LogP contribution in [0.15, 0.2) is 12.1 Å². The van der Waals surface area contributed by atoms with Gasteiger partial charge in [-0.3, -0.25) is 0 Å². The van der Waals surface area contributed by atoms with Crippen molar-refractivity contribution in [2.75, 3.05) is 14.2 Å². The molecule has 34 heavy (non-hydrogen) atoms. The van der Waals surface area contributed by atoms with Crippen molar-refractivity contribution in [1.82, 2.24) is 0 Å². The summed E-state index contributed by atoms with van der Waals surface area (Å²) in [6.45, 7) is 2.29. The van der Waals surface area contributed by atoms with E-state index in [4.69, 9.17) is 9.47 Å². The van der Waals surface area contributed by atoms with Crippen LogP contribution < -0.4 is 9.47 Å². The van der Waals surface area contributed by atoms with E-state index in [0.29, 0.717) is 0 Å². The number of methoxy groups -OCH3 is 2. The maximum Gasteiger partial charge on any atom is 0.129 e. The van der Waals surface area contributed by atoms with Crippen molar-refractivity contribution >= 4 is 0 Å². The normalized spacial score (nSPS) is 11.1. The topological polar surface area (TPSA) is 38.7 Å². The molecule has 0 unspecified atom stereocenters. The number of phenols is 1. The lowest BCUT2D eigenvalue weighted by atomic mass is 10.0.